The van der Waals surface area contributed by atoms with Crippen LogP contribution in [0.15, 0.2) is 41.3 Å². The molecule has 0 aliphatic carbocycles. The van der Waals surface area contributed by atoms with Gasteiger partial charge in [-0.2, -0.15) is 4.31 Å². The van der Waals surface area contributed by atoms with Gasteiger partial charge in [-0.25, -0.2) is 8.42 Å². The number of amides is 2. The zero-order chi connectivity index (χ0) is 24.0. The highest BCUT2D eigenvalue weighted by Gasteiger charge is 2.26. The van der Waals surface area contributed by atoms with Gasteiger partial charge in [0, 0.05) is 13.1 Å². The number of aryl methyl sites for hydroxylation is 1. The third-order valence-corrected chi connectivity index (χ3v) is 7.30. The second-order valence-corrected chi connectivity index (χ2v) is 9.82. The summed E-state index contributed by atoms with van der Waals surface area (Å²) in [5, 5.41) is 2.63. The van der Waals surface area contributed by atoms with Gasteiger partial charge in [0.25, 0.3) is 11.8 Å². The number of methoxy groups -OCH3 is 1. The van der Waals surface area contributed by atoms with Gasteiger partial charge in [-0.1, -0.05) is 18.9 Å². The monoisotopic (exact) mass is 475 g/mol. The molecule has 1 saturated heterocycles. The Hall–Kier alpha value is -3.11. The molecule has 3 N–H and O–H groups in total. The largest absolute Gasteiger partial charge is 0.495 e. The summed E-state index contributed by atoms with van der Waals surface area (Å²) < 4.78 is 38.5. The summed E-state index contributed by atoms with van der Waals surface area (Å²) in [6.07, 6.45) is 3.66. The van der Waals surface area contributed by atoms with E-state index in [-0.39, 0.29) is 21.9 Å². The van der Waals surface area contributed by atoms with E-state index in [0.29, 0.717) is 18.8 Å². The van der Waals surface area contributed by atoms with Gasteiger partial charge in [0.1, 0.15) is 11.5 Å². The Labute approximate surface area is 193 Å². The normalized spacial score (nSPS) is 14.8. The van der Waals surface area contributed by atoms with Gasteiger partial charge in [-0.05, 0) is 55.7 Å². The van der Waals surface area contributed by atoms with Crippen LogP contribution >= 0.6 is 0 Å². The number of nitrogens with two attached hydrogens (primary N) is 1. The van der Waals surface area contributed by atoms with Crippen LogP contribution in [0.5, 0.6) is 11.5 Å². The van der Waals surface area contributed by atoms with Gasteiger partial charge in [-0.15, -0.1) is 0 Å². The molecule has 0 atom stereocenters. The van der Waals surface area contributed by atoms with Crippen molar-refractivity contribution in [3.05, 3.63) is 47.5 Å². The van der Waals surface area contributed by atoms with E-state index >= 15 is 0 Å². The van der Waals surface area contributed by atoms with Gasteiger partial charge < -0.3 is 20.5 Å². The highest BCUT2D eigenvalue weighted by Crippen LogP contribution is 2.30. The van der Waals surface area contributed by atoms with Crippen molar-refractivity contribution in [1.29, 1.82) is 0 Å². The Morgan fingerprint density at radius 1 is 1.03 bits per heavy atom. The SMILES string of the molecule is COc1ccc(S(=O)(=O)N2CCCCCC2)cc1NC(=O)COc1cc(C)ccc1C(N)=O. The van der Waals surface area contributed by atoms with Crippen LogP contribution in [-0.2, 0) is 14.8 Å². The molecule has 1 aliphatic rings. The third kappa shape index (κ3) is 6.02. The van der Waals surface area contributed by atoms with Gasteiger partial charge in [0.15, 0.2) is 6.61 Å². The summed E-state index contributed by atoms with van der Waals surface area (Å²) in [7, 11) is -2.27. The molecule has 0 radical (unpaired) electrons. The lowest BCUT2D eigenvalue weighted by molar-refractivity contribution is -0.118. The number of nitrogens with zero attached hydrogens (tertiary/aromatic N) is 1. The molecule has 0 aromatic heterocycles. The fourth-order valence-electron chi connectivity index (χ4n) is 3.66. The van der Waals surface area contributed by atoms with Crippen LogP contribution in [0, 0.1) is 6.92 Å². The number of ether oxygens (including phenoxy) is 2. The number of anilines is 1. The van der Waals surface area contributed by atoms with Crippen molar-refractivity contribution in [1.82, 2.24) is 4.31 Å². The smallest absolute Gasteiger partial charge is 0.262 e. The number of rotatable bonds is 8. The van der Waals surface area contributed by atoms with Crippen molar-refractivity contribution < 1.29 is 27.5 Å². The number of primary amides is 1. The Balaban J connectivity index is 1.77. The molecule has 2 amide bonds. The number of hydrogen-bond donors (Lipinski definition) is 2. The van der Waals surface area contributed by atoms with Crippen LogP contribution in [-0.4, -0.2) is 51.3 Å². The molecule has 10 heteroatoms. The minimum atomic E-state index is -3.70. The summed E-state index contributed by atoms with van der Waals surface area (Å²) in [5.74, 6) is -0.707. The molecule has 2 aromatic carbocycles. The molecule has 0 bridgehead atoms. The Morgan fingerprint density at radius 2 is 1.73 bits per heavy atom. The van der Waals surface area contributed by atoms with E-state index in [4.69, 9.17) is 15.2 Å². The van der Waals surface area contributed by atoms with E-state index in [1.54, 1.807) is 12.1 Å². The highest BCUT2D eigenvalue weighted by atomic mass is 32.2. The van der Waals surface area contributed by atoms with Crippen molar-refractivity contribution in [2.45, 2.75) is 37.5 Å². The number of carbonyl (C=O) groups is 2. The molecule has 0 unspecified atom stereocenters. The van der Waals surface area contributed by atoms with Gasteiger partial charge in [-0.3, -0.25) is 9.59 Å². The quantitative estimate of drug-likeness (QED) is 0.604. The van der Waals surface area contributed by atoms with E-state index in [9.17, 15) is 18.0 Å². The van der Waals surface area contributed by atoms with Crippen molar-refractivity contribution in [3.8, 4) is 11.5 Å². The maximum atomic E-state index is 13.1. The van der Waals surface area contributed by atoms with Gasteiger partial charge in [0.2, 0.25) is 10.0 Å². The summed E-state index contributed by atoms with van der Waals surface area (Å²) >= 11 is 0. The zero-order valence-corrected chi connectivity index (χ0v) is 19.6. The summed E-state index contributed by atoms with van der Waals surface area (Å²) in [5.41, 5.74) is 6.57. The minimum absolute atomic E-state index is 0.0797. The number of carbonyl (C=O) groups excluding carboxylic acids is 2. The van der Waals surface area contributed by atoms with Crippen molar-refractivity contribution in [2.24, 2.45) is 5.73 Å². The van der Waals surface area contributed by atoms with Crippen molar-refractivity contribution >= 4 is 27.5 Å². The second kappa shape index (κ2) is 10.7. The van der Waals surface area contributed by atoms with E-state index in [1.165, 1.54) is 35.7 Å². The van der Waals surface area contributed by atoms with E-state index in [2.05, 4.69) is 5.32 Å². The van der Waals surface area contributed by atoms with Crippen LogP contribution in [0.2, 0.25) is 0 Å². The molecule has 2 aromatic rings. The maximum absolute atomic E-state index is 13.1. The van der Waals surface area contributed by atoms with Crippen LogP contribution in [0.3, 0.4) is 0 Å². The third-order valence-electron chi connectivity index (χ3n) is 5.41. The first-order valence-corrected chi connectivity index (χ1v) is 12.2. The Morgan fingerprint density at radius 3 is 2.36 bits per heavy atom. The Bertz CT molecular complexity index is 1130. The molecule has 9 nitrogen and oxygen atoms in total. The number of sulfonamides is 1. The average molecular weight is 476 g/mol. The molecule has 3 rings (SSSR count). The average Bonchev–Trinajstić information content (AvgIpc) is 3.08. The Kier molecular flexibility index (Phi) is 7.93. The number of nitrogens with one attached hydrogen (secondary N) is 1. The molecule has 1 aliphatic heterocycles. The standard InChI is InChI=1S/C23H29N3O6S/c1-16-7-9-18(23(24)28)21(13-16)32-15-22(27)25-19-14-17(8-10-20(19)31-2)33(29,30)26-11-5-3-4-6-12-26/h7-10,13-14H,3-6,11-12,15H2,1-2H3,(H2,24,28)(H,25,27). The lowest BCUT2D eigenvalue weighted by Crippen LogP contribution is -2.32. The van der Waals surface area contributed by atoms with Crippen LogP contribution in [0.1, 0.15) is 41.6 Å². The first-order chi connectivity index (χ1) is 15.7. The zero-order valence-electron chi connectivity index (χ0n) is 18.8. The maximum Gasteiger partial charge on any atom is 0.262 e. The molecule has 33 heavy (non-hydrogen) atoms. The number of hydrogen-bond acceptors (Lipinski definition) is 6. The molecule has 178 valence electrons. The second-order valence-electron chi connectivity index (χ2n) is 7.88. The van der Waals surface area contributed by atoms with E-state index in [1.807, 2.05) is 6.92 Å². The first kappa shape index (κ1) is 24.5. The number of benzene rings is 2. The highest BCUT2D eigenvalue weighted by molar-refractivity contribution is 7.89. The molecular formula is C23H29N3O6S. The lowest BCUT2D eigenvalue weighted by Gasteiger charge is -2.21. The minimum Gasteiger partial charge on any atom is -0.495 e. The summed E-state index contributed by atoms with van der Waals surface area (Å²) in [4.78, 5) is 24.2. The van der Waals surface area contributed by atoms with Crippen molar-refractivity contribution in [2.75, 3.05) is 32.1 Å². The first-order valence-electron chi connectivity index (χ1n) is 10.7. The van der Waals surface area contributed by atoms with Crippen LogP contribution in [0.25, 0.3) is 0 Å². The van der Waals surface area contributed by atoms with Gasteiger partial charge >= 0.3 is 0 Å². The fraction of sp³-hybridized carbons (Fsp3) is 0.391. The molecule has 1 heterocycles. The molecule has 1 fully saturated rings. The van der Waals surface area contributed by atoms with E-state index in [0.717, 1.165) is 31.2 Å². The predicted molar refractivity (Wildman–Crippen MR) is 124 cm³/mol. The summed E-state index contributed by atoms with van der Waals surface area (Å²) in [6, 6.07) is 9.23. The fourth-order valence-corrected chi connectivity index (χ4v) is 5.20. The molecule has 0 spiro atoms. The van der Waals surface area contributed by atoms with Gasteiger partial charge in [0.05, 0.1) is 23.3 Å². The predicted octanol–water partition coefficient (Wildman–Crippen LogP) is 2.68. The lowest BCUT2D eigenvalue weighted by atomic mass is 10.1. The van der Waals surface area contributed by atoms with Crippen LogP contribution in [0.4, 0.5) is 5.69 Å². The van der Waals surface area contributed by atoms with Crippen LogP contribution < -0.4 is 20.5 Å². The molecule has 0 saturated carbocycles. The molecular weight excluding hydrogens is 446 g/mol. The van der Waals surface area contributed by atoms with E-state index < -0.39 is 28.4 Å². The summed E-state index contributed by atoms with van der Waals surface area (Å²) in [6.45, 7) is 2.36. The topological polar surface area (TPSA) is 128 Å². The van der Waals surface area contributed by atoms with Crippen molar-refractivity contribution in [3.63, 3.8) is 0 Å².